The van der Waals surface area contributed by atoms with Crippen LogP contribution in [0.1, 0.15) is 16.7 Å². The molecule has 0 radical (unpaired) electrons. The summed E-state index contributed by atoms with van der Waals surface area (Å²) in [6, 6.07) is 23.4. The number of halogens is 2. The highest BCUT2D eigenvalue weighted by Gasteiger charge is 2.14. The Morgan fingerprint density at radius 1 is 1.16 bits per heavy atom. The maximum absolute atomic E-state index is 12.8. The normalized spacial score (nSPS) is 11.4. The van der Waals surface area contributed by atoms with Gasteiger partial charge in [-0.1, -0.05) is 63.9 Å². The molecule has 0 aliphatic heterocycles. The van der Waals surface area contributed by atoms with Gasteiger partial charge in [0.1, 0.15) is 11.6 Å². The molecule has 6 heteroatoms. The minimum atomic E-state index is -0.470. The van der Waals surface area contributed by atoms with Crippen molar-refractivity contribution in [2.24, 2.45) is 0 Å². The molecule has 1 amide bonds. The van der Waals surface area contributed by atoms with Gasteiger partial charge in [0, 0.05) is 44.4 Å². The lowest BCUT2D eigenvalue weighted by Gasteiger charge is -2.08. The third kappa shape index (κ3) is 4.77. The summed E-state index contributed by atoms with van der Waals surface area (Å²) in [5, 5.41) is 14.0. The molecule has 1 N–H and O–H groups in total. The van der Waals surface area contributed by atoms with Crippen molar-refractivity contribution >= 4 is 56.1 Å². The van der Waals surface area contributed by atoms with Crippen LogP contribution in [0.3, 0.4) is 0 Å². The summed E-state index contributed by atoms with van der Waals surface area (Å²) < 4.78 is 3.15. The van der Waals surface area contributed by atoms with E-state index in [-0.39, 0.29) is 5.57 Å². The van der Waals surface area contributed by atoms with Gasteiger partial charge in [-0.15, -0.1) is 0 Å². The number of nitrogens with one attached hydrogen (secondary N) is 1. The van der Waals surface area contributed by atoms with Crippen LogP contribution in [0.25, 0.3) is 17.0 Å². The summed E-state index contributed by atoms with van der Waals surface area (Å²) in [4.78, 5) is 12.8. The molecule has 4 rings (SSSR count). The number of benzene rings is 3. The van der Waals surface area contributed by atoms with Crippen molar-refractivity contribution in [1.82, 2.24) is 4.57 Å². The SMILES string of the molecule is Cc1ccc(Cl)cc1NC(=O)/C(C#N)=C/c1cn(Cc2ccc(Br)cc2)c2ccccc12. The number of nitrogens with zero attached hydrogens (tertiary/aromatic N) is 2. The van der Waals surface area contributed by atoms with E-state index in [9.17, 15) is 10.1 Å². The highest BCUT2D eigenvalue weighted by atomic mass is 79.9. The first-order valence-electron chi connectivity index (χ1n) is 9.96. The van der Waals surface area contributed by atoms with Gasteiger partial charge in [0.15, 0.2) is 0 Å². The highest BCUT2D eigenvalue weighted by Crippen LogP contribution is 2.26. The van der Waals surface area contributed by atoms with Crippen molar-refractivity contribution in [3.05, 3.63) is 105 Å². The van der Waals surface area contributed by atoms with Crippen LogP contribution < -0.4 is 5.32 Å². The van der Waals surface area contributed by atoms with Crippen LogP contribution in [0.4, 0.5) is 5.69 Å². The number of fused-ring (bicyclic) bond motifs is 1. The Morgan fingerprint density at radius 2 is 1.91 bits per heavy atom. The van der Waals surface area contributed by atoms with Crippen molar-refractivity contribution in [3.8, 4) is 6.07 Å². The second-order valence-electron chi connectivity index (χ2n) is 7.44. The number of carbonyl (C=O) groups is 1. The van der Waals surface area contributed by atoms with Crippen molar-refractivity contribution in [2.45, 2.75) is 13.5 Å². The Hall–Kier alpha value is -3.33. The molecule has 0 spiro atoms. The average molecular weight is 505 g/mol. The van der Waals surface area contributed by atoms with Crippen LogP contribution in [0.5, 0.6) is 0 Å². The largest absolute Gasteiger partial charge is 0.342 e. The second-order valence-corrected chi connectivity index (χ2v) is 8.79. The maximum atomic E-state index is 12.8. The zero-order valence-corrected chi connectivity index (χ0v) is 19.6. The fourth-order valence-electron chi connectivity index (χ4n) is 3.53. The second kappa shape index (κ2) is 9.44. The number of hydrogen-bond donors (Lipinski definition) is 1. The van der Waals surface area contributed by atoms with Gasteiger partial charge in [-0.25, -0.2) is 0 Å². The van der Waals surface area contributed by atoms with Gasteiger partial charge in [0.05, 0.1) is 0 Å². The van der Waals surface area contributed by atoms with Crippen LogP contribution in [-0.2, 0) is 11.3 Å². The molecule has 1 heterocycles. The molecule has 158 valence electrons. The zero-order chi connectivity index (χ0) is 22.7. The maximum Gasteiger partial charge on any atom is 0.266 e. The predicted octanol–water partition coefficient (Wildman–Crippen LogP) is 6.96. The predicted molar refractivity (Wildman–Crippen MR) is 134 cm³/mol. The van der Waals surface area contributed by atoms with Crippen LogP contribution in [0, 0.1) is 18.3 Å². The Labute approximate surface area is 199 Å². The van der Waals surface area contributed by atoms with E-state index in [1.807, 2.05) is 61.7 Å². The molecule has 0 atom stereocenters. The summed E-state index contributed by atoms with van der Waals surface area (Å²) in [5.74, 6) is -0.470. The zero-order valence-electron chi connectivity index (χ0n) is 17.3. The lowest BCUT2D eigenvalue weighted by Crippen LogP contribution is -2.14. The summed E-state index contributed by atoms with van der Waals surface area (Å²) in [6.45, 7) is 2.55. The summed E-state index contributed by atoms with van der Waals surface area (Å²) in [7, 11) is 0. The number of amides is 1. The molecule has 32 heavy (non-hydrogen) atoms. The van der Waals surface area contributed by atoms with E-state index in [2.05, 4.69) is 37.9 Å². The highest BCUT2D eigenvalue weighted by molar-refractivity contribution is 9.10. The lowest BCUT2D eigenvalue weighted by atomic mass is 10.1. The lowest BCUT2D eigenvalue weighted by molar-refractivity contribution is -0.112. The molecule has 0 saturated heterocycles. The smallest absolute Gasteiger partial charge is 0.266 e. The van der Waals surface area contributed by atoms with E-state index < -0.39 is 5.91 Å². The van der Waals surface area contributed by atoms with Gasteiger partial charge >= 0.3 is 0 Å². The molecule has 4 aromatic rings. The number of rotatable bonds is 5. The van der Waals surface area contributed by atoms with Gasteiger partial charge in [0.25, 0.3) is 5.91 Å². The number of carbonyl (C=O) groups excluding carboxylic acids is 1. The number of aromatic nitrogens is 1. The summed E-state index contributed by atoms with van der Waals surface area (Å²) in [6.07, 6.45) is 3.61. The summed E-state index contributed by atoms with van der Waals surface area (Å²) >= 11 is 9.52. The molecule has 4 nitrogen and oxygen atoms in total. The molecule has 0 saturated carbocycles. The van der Waals surface area contributed by atoms with E-state index in [1.54, 1.807) is 18.2 Å². The number of nitriles is 1. The van der Waals surface area contributed by atoms with E-state index in [0.29, 0.717) is 17.3 Å². The van der Waals surface area contributed by atoms with Gasteiger partial charge in [0.2, 0.25) is 0 Å². The number of aryl methyl sites for hydroxylation is 1. The third-order valence-corrected chi connectivity index (χ3v) is 5.96. The van der Waals surface area contributed by atoms with Crippen molar-refractivity contribution in [3.63, 3.8) is 0 Å². The van der Waals surface area contributed by atoms with Gasteiger partial charge < -0.3 is 9.88 Å². The molecule has 0 bridgehead atoms. The van der Waals surface area contributed by atoms with Crippen LogP contribution in [0.15, 0.2) is 83.0 Å². The fourth-order valence-corrected chi connectivity index (χ4v) is 3.97. The first kappa shape index (κ1) is 21.9. The van der Waals surface area contributed by atoms with E-state index in [0.717, 1.165) is 32.1 Å². The minimum absolute atomic E-state index is 0.0240. The minimum Gasteiger partial charge on any atom is -0.342 e. The van der Waals surface area contributed by atoms with E-state index >= 15 is 0 Å². The molecule has 0 fully saturated rings. The first-order chi connectivity index (χ1) is 15.4. The molecule has 0 aliphatic carbocycles. The van der Waals surface area contributed by atoms with Crippen molar-refractivity contribution < 1.29 is 4.79 Å². The molecular formula is C26H19BrClN3O. The van der Waals surface area contributed by atoms with Crippen molar-refractivity contribution in [2.75, 3.05) is 5.32 Å². The van der Waals surface area contributed by atoms with Crippen LogP contribution in [-0.4, -0.2) is 10.5 Å². The number of hydrogen-bond acceptors (Lipinski definition) is 2. The Kier molecular flexibility index (Phi) is 6.45. The van der Waals surface area contributed by atoms with Crippen LogP contribution >= 0.6 is 27.5 Å². The standard InChI is InChI=1S/C26H19BrClN3O/c1-17-6-11-22(28)13-24(17)30-26(32)19(14-29)12-20-16-31(25-5-3-2-4-23(20)25)15-18-7-9-21(27)10-8-18/h2-13,16H,15H2,1H3,(H,30,32)/b19-12+. The number of para-hydroxylation sites is 1. The average Bonchev–Trinajstić information content (AvgIpc) is 3.13. The van der Waals surface area contributed by atoms with E-state index in [1.165, 1.54) is 0 Å². The molecular weight excluding hydrogens is 486 g/mol. The Bertz CT molecular complexity index is 1380. The third-order valence-electron chi connectivity index (χ3n) is 5.20. The Morgan fingerprint density at radius 3 is 2.66 bits per heavy atom. The van der Waals surface area contributed by atoms with Crippen LogP contribution in [0.2, 0.25) is 5.02 Å². The molecule has 1 aromatic heterocycles. The molecule has 0 unspecified atom stereocenters. The fraction of sp³-hybridized carbons (Fsp3) is 0.0769. The molecule has 3 aromatic carbocycles. The molecule has 0 aliphatic rings. The van der Waals surface area contributed by atoms with E-state index in [4.69, 9.17) is 11.6 Å². The Balaban J connectivity index is 1.68. The van der Waals surface area contributed by atoms with Gasteiger partial charge in [-0.05, 0) is 54.5 Å². The quantitative estimate of drug-likeness (QED) is 0.236. The summed E-state index contributed by atoms with van der Waals surface area (Å²) in [5.41, 5.74) is 4.47. The van der Waals surface area contributed by atoms with Gasteiger partial charge in [-0.2, -0.15) is 5.26 Å². The van der Waals surface area contributed by atoms with Crippen molar-refractivity contribution in [1.29, 1.82) is 5.26 Å². The first-order valence-corrected chi connectivity index (χ1v) is 11.1. The van der Waals surface area contributed by atoms with Gasteiger partial charge in [-0.3, -0.25) is 4.79 Å². The monoisotopic (exact) mass is 503 g/mol. The number of anilines is 1. The topological polar surface area (TPSA) is 57.8 Å².